The van der Waals surface area contributed by atoms with Gasteiger partial charge in [0, 0.05) is 24.6 Å². The summed E-state index contributed by atoms with van der Waals surface area (Å²) in [6.45, 7) is 2.61. The van der Waals surface area contributed by atoms with Crippen LogP contribution in [0.15, 0.2) is 70.1 Å². The maximum Gasteiger partial charge on any atom is 0.251 e. The number of aliphatic hydroxyl groups is 1. The second-order valence-electron chi connectivity index (χ2n) is 7.91. The number of rotatable bonds is 6. The standard InChI is InChI=1S/C23H24N8O/c1-3-6-20-19(22(32)31-14-30(2)27-23(31)24-20)13-15-9-11-16(12-10-15)17-7-4-5-8-18(17)21-25-28-29-26-21/h4-5,7-12,32H,3,6,13-14H2,1-2H3,(H,25,26,28,29). The Labute approximate surface area is 185 Å². The van der Waals surface area contributed by atoms with Gasteiger partial charge < -0.3 is 5.11 Å². The summed E-state index contributed by atoms with van der Waals surface area (Å²) in [5.74, 6) is 1.44. The van der Waals surface area contributed by atoms with Crippen LogP contribution in [0.25, 0.3) is 22.5 Å². The van der Waals surface area contributed by atoms with Crippen LogP contribution in [0.3, 0.4) is 0 Å². The molecule has 9 nitrogen and oxygen atoms in total. The lowest BCUT2D eigenvalue weighted by Crippen LogP contribution is -2.35. The number of guanidine groups is 1. The van der Waals surface area contributed by atoms with Crippen molar-refractivity contribution in [1.82, 2.24) is 30.5 Å². The highest BCUT2D eigenvalue weighted by molar-refractivity contribution is 6.10. The summed E-state index contributed by atoms with van der Waals surface area (Å²) in [6.07, 6.45) is 2.35. The lowest BCUT2D eigenvalue weighted by atomic mass is 9.94. The van der Waals surface area contributed by atoms with Gasteiger partial charge >= 0.3 is 0 Å². The van der Waals surface area contributed by atoms with E-state index in [2.05, 4.69) is 63.0 Å². The fraction of sp³-hybridized carbons (Fsp3) is 0.261. The quantitative estimate of drug-likeness (QED) is 0.622. The monoisotopic (exact) mass is 428 g/mol. The van der Waals surface area contributed by atoms with Crippen LogP contribution in [0.5, 0.6) is 0 Å². The first-order chi connectivity index (χ1) is 15.6. The van der Waals surface area contributed by atoms with E-state index in [0.29, 0.717) is 24.9 Å². The minimum atomic E-state index is 0.249. The van der Waals surface area contributed by atoms with Crippen molar-refractivity contribution < 1.29 is 5.11 Å². The Bertz CT molecular complexity index is 1210. The number of aliphatic imine (C=N–C) groups is 1. The van der Waals surface area contributed by atoms with E-state index in [0.717, 1.165) is 46.4 Å². The van der Waals surface area contributed by atoms with E-state index in [9.17, 15) is 5.11 Å². The van der Waals surface area contributed by atoms with Gasteiger partial charge in [0.25, 0.3) is 5.96 Å². The molecular weight excluding hydrogens is 404 g/mol. The number of nitrogens with one attached hydrogen (secondary N) is 1. The van der Waals surface area contributed by atoms with E-state index in [1.54, 1.807) is 9.91 Å². The smallest absolute Gasteiger partial charge is 0.251 e. The van der Waals surface area contributed by atoms with E-state index < -0.39 is 0 Å². The number of aliphatic hydroxyl groups excluding tert-OH is 1. The molecule has 3 heterocycles. The van der Waals surface area contributed by atoms with Crippen LogP contribution in [0, 0.1) is 0 Å². The van der Waals surface area contributed by atoms with Gasteiger partial charge in [0.1, 0.15) is 6.67 Å². The fourth-order valence-electron chi connectivity index (χ4n) is 4.08. The fourth-order valence-corrected chi connectivity index (χ4v) is 4.08. The lowest BCUT2D eigenvalue weighted by Gasteiger charge is -2.25. The number of aromatic nitrogens is 4. The van der Waals surface area contributed by atoms with E-state index in [1.165, 1.54) is 0 Å². The Morgan fingerprint density at radius 1 is 1.06 bits per heavy atom. The molecule has 3 aromatic rings. The lowest BCUT2D eigenvalue weighted by molar-refractivity contribution is 0.219. The van der Waals surface area contributed by atoms with E-state index in [1.807, 2.05) is 25.2 Å². The highest BCUT2D eigenvalue weighted by atomic mass is 16.3. The number of hydrazone groups is 1. The summed E-state index contributed by atoms with van der Waals surface area (Å²) in [5, 5.41) is 31.4. The molecule has 0 amide bonds. The van der Waals surface area contributed by atoms with Crippen LogP contribution in [0.4, 0.5) is 0 Å². The first-order valence-electron chi connectivity index (χ1n) is 10.6. The molecule has 0 unspecified atom stereocenters. The number of aromatic amines is 1. The van der Waals surface area contributed by atoms with Crippen LogP contribution in [-0.4, -0.2) is 61.0 Å². The topological polar surface area (TPSA) is 106 Å². The van der Waals surface area contributed by atoms with Gasteiger partial charge in [0.05, 0.1) is 5.71 Å². The summed E-state index contributed by atoms with van der Waals surface area (Å²) in [5.41, 5.74) is 5.93. The minimum Gasteiger partial charge on any atom is -0.494 e. The van der Waals surface area contributed by atoms with Gasteiger partial charge in [0.2, 0.25) is 5.88 Å². The average molecular weight is 429 g/mol. The maximum absolute atomic E-state index is 11.0. The van der Waals surface area contributed by atoms with Crippen molar-refractivity contribution >= 4 is 11.7 Å². The zero-order valence-corrected chi connectivity index (χ0v) is 18.0. The molecule has 0 bridgehead atoms. The molecule has 32 heavy (non-hydrogen) atoms. The molecule has 0 radical (unpaired) electrons. The van der Waals surface area contributed by atoms with Crippen molar-refractivity contribution in [1.29, 1.82) is 0 Å². The number of fused-ring (bicyclic) bond motifs is 1. The SMILES string of the molecule is CCCC1=NC2=NN(C)CN2C(O)=C1Cc1ccc(-c2ccccc2-c2nnn[nH]2)cc1. The molecule has 0 saturated carbocycles. The first-order valence-corrected chi connectivity index (χ1v) is 10.6. The molecule has 0 saturated heterocycles. The van der Waals surface area contributed by atoms with Gasteiger partial charge in [-0.05, 0) is 33.5 Å². The Hall–Kier alpha value is -4.01. The Morgan fingerprint density at radius 3 is 2.56 bits per heavy atom. The molecule has 2 aliphatic heterocycles. The Balaban J connectivity index is 1.43. The molecule has 0 spiro atoms. The number of allylic oxidation sites excluding steroid dienone is 1. The highest BCUT2D eigenvalue weighted by Crippen LogP contribution is 2.31. The normalized spacial score (nSPS) is 15.7. The third-order valence-corrected chi connectivity index (χ3v) is 5.62. The Kier molecular flexibility index (Phi) is 5.14. The number of nitrogens with zero attached hydrogens (tertiary/aromatic N) is 7. The number of hydrogen-bond acceptors (Lipinski definition) is 8. The molecule has 2 aliphatic rings. The van der Waals surface area contributed by atoms with Crippen LogP contribution < -0.4 is 0 Å². The summed E-state index contributed by atoms with van der Waals surface area (Å²) >= 11 is 0. The van der Waals surface area contributed by atoms with Crippen molar-refractivity contribution in [3.63, 3.8) is 0 Å². The zero-order valence-electron chi connectivity index (χ0n) is 18.0. The second-order valence-corrected chi connectivity index (χ2v) is 7.91. The molecule has 2 aromatic carbocycles. The molecule has 0 atom stereocenters. The van der Waals surface area contributed by atoms with Crippen molar-refractivity contribution in [3.05, 3.63) is 65.6 Å². The van der Waals surface area contributed by atoms with Gasteiger partial charge in [-0.3, -0.25) is 9.91 Å². The van der Waals surface area contributed by atoms with E-state index >= 15 is 0 Å². The third kappa shape index (κ3) is 3.62. The summed E-state index contributed by atoms with van der Waals surface area (Å²) in [7, 11) is 1.87. The molecular formula is C23H24N8O. The van der Waals surface area contributed by atoms with Gasteiger partial charge in [0.15, 0.2) is 5.82 Å². The van der Waals surface area contributed by atoms with Crippen LogP contribution in [0.2, 0.25) is 0 Å². The minimum absolute atomic E-state index is 0.249. The van der Waals surface area contributed by atoms with Crippen molar-refractivity contribution in [3.8, 4) is 22.5 Å². The average Bonchev–Trinajstić information content (AvgIpc) is 3.47. The molecule has 1 aromatic heterocycles. The summed E-state index contributed by atoms with van der Waals surface area (Å²) in [4.78, 5) is 6.48. The predicted octanol–water partition coefficient (Wildman–Crippen LogP) is 3.58. The van der Waals surface area contributed by atoms with Crippen LogP contribution in [-0.2, 0) is 6.42 Å². The van der Waals surface area contributed by atoms with Crippen LogP contribution in [0.1, 0.15) is 25.3 Å². The van der Waals surface area contributed by atoms with E-state index in [4.69, 9.17) is 4.99 Å². The Morgan fingerprint density at radius 2 is 1.84 bits per heavy atom. The molecule has 2 N–H and O–H groups in total. The predicted molar refractivity (Wildman–Crippen MR) is 123 cm³/mol. The molecule has 162 valence electrons. The summed E-state index contributed by atoms with van der Waals surface area (Å²) < 4.78 is 0. The van der Waals surface area contributed by atoms with Gasteiger partial charge in [-0.2, -0.15) is 0 Å². The zero-order chi connectivity index (χ0) is 22.1. The summed E-state index contributed by atoms with van der Waals surface area (Å²) in [6, 6.07) is 16.4. The van der Waals surface area contributed by atoms with Crippen molar-refractivity contribution in [2.45, 2.75) is 26.2 Å². The number of H-pyrrole nitrogens is 1. The number of hydrogen-bond donors (Lipinski definition) is 2. The van der Waals surface area contributed by atoms with Gasteiger partial charge in [-0.15, -0.1) is 10.2 Å². The largest absolute Gasteiger partial charge is 0.494 e. The molecule has 5 rings (SSSR count). The third-order valence-electron chi connectivity index (χ3n) is 5.62. The van der Waals surface area contributed by atoms with Crippen molar-refractivity contribution in [2.75, 3.05) is 13.7 Å². The van der Waals surface area contributed by atoms with E-state index in [-0.39, 0.29) is 5.88 Å². The number of tetrazole rings is 1. The number of benzene rings is 2. The van der Waals surface area contributed by atoms with Gasteiger partial charge in [-0.25, -0.2) is 10.1 Å². The first kappa shape index (κ1) is 19.9. The molecule has 0 fully saturated rings. The van der Waals surface area contributed by atoms with Crippen LogP contribution >= 0.6 is 0 Å². The highest BCUT2D eigenvalue weighted by Gasteiger charge is 2.32. The molecule has 9 heteroatoms. The molecule has 0 aliphatic carbocycles. The maximum atomic E-state index is 11.0. The second kappa shape index (κ2) is 8.26. The van der Waals surface area contributed by atoms with Gasteiger partial charge in [-0.1, -0.05) is 61.9 Å². The van der Waals surface area contributed by atoms with Crippen molar-refractivity contribution in [2.24, 2.45) is 10.1 Å².